The molecule has 3 heterocycles. The number of amides is 4. The van der Waals surface area contributed by atoms with Gasteiger partial charge in [0.15, 0.2) is 0 Å². The zero-order valence-electron chi connectivity index (χ0n) is 18.1. The number of imide groups is 1. The number of hydrazone groups is 1. The van der Waals surface area contributed by atoms with Gasteiger partial charge >= 0.3 is 6.03 Å². The highest BCUT2D eigenvalue weighted by atomic mass is 35.5. The number of rotatable bonds is 6. The van der Waals surface area contributed by atoms with Crippen LogP contribution in [-0.2, 0) is 16.0 Å². The fourth-order valence-corrected chi connectivity index (χ4v) is 4.31. The minimum absolute atomic E-state index is 0.355. The number of urea groups is 1. The summed E-state index contributed by atoms with van der Waals surface area (Å²) in [6.45, 7) is -0.412. The number of hydrogen-bond acceptors (Lipinski definition) is 5. The van der Waals surface area contributed by atoms with Gasteiger partial charge in [0.2, 0.25) is 0 Å². The number of benzene rings is 2. The van der Waals surface area contributed by atoms with Crippen LogP contribution in [0.1, 0.15) is 29.3 Å². The van der Waals surface area contributed by atoms with Crippen molar-refractivity contribution in [2.75, 3.05) is 6.54 Å². The molecule has 0 spiro atoms. The third-order valence-corrected chi connectivity index (χ3v) is 6.15. The first-order valence-corrected chi connectivity index (χ1v) is 11.2. The minimum Gasteiger partial charge on any atom is -0.467 e. The summed E-state index contributed by atoms with van der Waals surface area (Å²) >= 11 is 6.00. The molecule has 0 aliphatic carbocycles. The summed E-state index contributed by atoms with van der Waals surface area (Å²) < 4.78 is 5.55. The molecular formula is C25H21ClN4O4. The number of carbonyl (C=O) groups excluding carboxylic acids is 3. The molecule has 0 unspecified atom stereocenters. The van der Waals surface area contributed by atoms with Crippen LogP contribution >= 0.6 is 11.6 Å². The molecule has 4 amide bonds. The van der Waals surface area contributed by atoms with E-state index in [4.69, 9.17) is 16.0 Å². The SMILES string of the molecule is O=C1N[C@H](Cc2ccccc2)C(=O)N1CC(=O)N1N=C(c2ccc(Cl)cc2)C[C@H]1c1ccco1. The summed E-state index contributed by atoms with van der Waals surface area (Å²) in [4.78, 5) is 39.6. The molecule has 172 valence electrons. The van der Waals surface area contributed by atoms with Crippen LogP contribution in [0.15, 0.2) is 82.5 Å². The van der Waals surface area contributed by atoms with Gasteiger partial charge in [-0.15, -0.1) is 0 Å². The van der Waals surface area contributed by atoms with Gasteiger partial charge in [0.05, 0.1) is 12.0 Å². The third-order valence-electron chi connectivity index (χ3n) is 5.90. The topological polar surface area (TPSA) is 95.2 Å². The van der Waals surface area contributed by atoms with Crippen molar-refractivity contribution in [3.05, 3.63) is 94.9 Å². The fraction of sp³-hybridized carbons (Fsp3) is 0.200. The minimum atomic E-state index is -0.713. The van der Waals surface area contributed by atoms with Gasteiger partial charge in [-0.2, -0.15) is 5.10 Å². The maximum atomic E-state index is 13.3. The molecule has 0 radical (unpaired) electrons. The van der Waals surface area contributed by atoms with E-state index >= 15 is 0 Å². The summed E-state index contributed by atoms with van der Waals surface area (Å²) in [5.74, 6) is -0.340. The Morgan fingerprint density at radius 2 is 1.82 bits per heavy atom. The molecule has 0 saturated carbocycles. The first kappa shape index (κ1) is 21.9. The summed E-state index contributed by atoms with van der Waals surface area (Å²) in [7, 11) is 0. The molecule has 0 bridgehead atoms. The van der Waals surface area contributed by atoms with Crippen molar-refractivity contribution in [1.82, 2.24) is 15.2 Å². The number of nitrogens with one attached hydrogen (secondary N) is 1. The predicted molar refractivity (Wildman–Crippen MR) is 125 cm³/mol. The van der Waals surface area contributed by atoms with E-state index in [2.05, 4.69) is 10.4 Å². The molecule has 1 N–H and O–H groups in total. The Morgan fingerprint density at radius 3 is 2.53 bits per heavy atom. The molecule has 3 aromatic rings. The average Bonchev–Trinajstić information content (AvgIpc) is 3.57. The maximum Gasteiger partial charge on any atom is 0.325 e. The molecule has 2 aliphatic rings. The Bertz CT molecular complexity index is 1240. The Morgan fingerprint density at radius 1 is 1.06 bits per heavy atom. The van der Waals surface area contributed by atoms with Gasteiger partial charge in [0.1, 0.15) is 24.4 Å². The summed E-state index contributed by atoms with van der Waals surface area (Å²) in [6.07, 6.45) is 2.31. The van der Waals surface area contributed by atoms with E-state index in [1.165, 1.54) is 11.3 Å². The lowest BCUT2D eigenvalue weighted by Gasteiger charge is -2.22. The molecule has 1 fully saturated rings. The van der Waals surface area contributed by atoms with E-state index in [-0.39, 0.29) is 0 Å². The van der Waals surface area contributed by atoms with Crippen LogP contribution in [0.5, 0.6) is 0 Å². The number of nitrogens with zero attached hydrogens (tertiary/aromatic N) is 3. The average molecular weight is 477 g/mol. The summed E-state index contributed by atoms with van der Waals surface area (Å²) in [5, 5.41) is 9.11. The maximum absolute atomic E-state index is 13.3. The van der Waals surface area contributed by atoms with Gasteiger partial charge in [0.25, 0.3) is 11.8 Å². The first-order chi connectivity index (χ1) is 16.5. The van der Waals surface area contributed by atoms with Crippen molar-refractivity contribution in [2.24, 2.45) is 5.10 Å². The highest BCUT2D eigenvalue weighted by molar-refractivity contribution is 6.30. The van der Waals surface area contributed by atoms with Crippen LogP contribution in [0.4, 0.5) is 4.79 Å². The molecule has 8 nitrogen and oxygen atoms in total. The fourth-order valence-electron chi connectivity index (χ4n) is 4.18. The van der Waals surface area contributed by atoms with E-state index < -0.39 is 36.5 Å². The van der Waals surface area contributed by atoms with Crippen molar-refractivity contribution >= 4 is 35.2 Å². The van der Waals surface area contributed by atoms with Crippen LogP contribution < -0.4 is 5.32 Å². The second-order valence-electron chi connectivity index (χ2n) is 8.14. The van der Waals surface area contributed by atoms with Crippen molar-refractivity contribution in [1.29, 1.82) is 0 Å². The Labute approximate surface area is 200 Å². The lowest BCUT2D eigenvalue weighted by Crippen LogP contribution is -2.41. The van der Waals surface area contributed by atoms with Gasteiger partial charge in [0, 0.05) is 17.9 Å². The monoisotopic (exact) mass is 476 g/mol. The Hall–Kier alpha value is -3.91. The van der Waals surface area contributed by atoms with Gasteiger partial charge in [-0.05, 0) is 35.4 Å². The Kier molecular flexibility index (Phi) is 5.90. The molecule has 2 atom stereocenters. The van der Waals surface area contributed by atoms with Crippen molar-refractivity contribution in [3.63, 3.8) is 0 Å². The van der Waals surface area contributed by atoms with Gasteiger partial charge in [-0.3, -0.25) is 14.5 Å². The molecule has 34 heavy (non-hydrogen) atoms. The quantitative estimate of drug-likeness (QED) is 0.548. The van der Waals surface area contributed by atoms with E-state index in [1.54, 1.807) is 24.3 Å². The third kappa shape index (κ3) is 4.32. The molecule has 5 rings (SSSR count). The first-order valence-electron chi connectivity index (χ1n) is 10.8. The number of furan rings is 1. The molecular weight excluding hydrogens is 456 g/mol. The lowest BCUT2D eigenvalue weighted by atomic mass is 10.0. The van der Waals surface area contributed by atoms with Gasteiger partial charge in [-0.25, -0.2) is 9.80 Å². The largest absolute Gasteiger partial charge is 0.467 e. The second-order valence-corrected chi connectivity index (χ2v) is 8.58. The number of carbonyl (C=O) groups is 3. The zero-order valence-corrected chi connectivity index (χ0v) is 18.8. The standard InChI is InChI=1S/C25H21ClN4O4/c26-18-10-8-17(9-11-18)19-14-21(22-7-4-12-34-22)30(28-19)23(31)15-29-24(32)20(27-25(29)33)13-16-5-2-1-3-6-16/h1-12,20-21H,13-15H2,(H,27,33)/t20-,21+/m1/s1. The van der Waals surface area contributed by atoms with E-state index in [1.807, 2.05) is 42.5 Å². The molecule has 2 aromatic carbocycles. The van der Waals surface area contributed by atoms with Crippen molar-refractivity contribution < 1.29 is 18.8 Å². The highest BCUT2D eigenvalue weighted by Gasteiger charge is 2.42. The van der Waals surface area contributed by atoms with Crippen LogP contribution in [0.2, 0.25) is 5.02 Å². The van der Waals surface area contributed by atoms with Crippen molar-refractivity contribution in [3.8, 4) is 0 Å². The van der Waals surface area contributed by atoms with Crippen LogP contribution in [0, 0.1) is 0 Å². The van der Waals surface area contributed by atoms with Crippen LogP contribution in [0.3, 0.4) is 0 Å². The Balaban J connectivity index is 1.34. The molecule has 1 saturated heterocycles. The van der Waals surface area contributed by atoms with E-state index in [0.29, 0.717) is 29.3 Å². The molecule has 2 aliphatic heterocycles. The van der Waals surface area contributed by atoms with Crippen LogP contribution in [0.25, 0.3) is 0 Å². The van der Waals surface area contributed by atoms with E-state index in [0.717, 1.165) is 16.0 Å². The summed E-state index contributed by atoms with van der Waals surface area (Å²) in [6, 6.07) is 18.3. The normalized spacial score (nSPS) is 20.0. The predicted octanol–water partition coefficient (Wildman–Crippen LogP) is 3.77. The van der Waals surface area contributed by atoms with Gasteiger partial charge in [-0.1, -0.05) is 54.1 Å². The zero-order chi connectivity index (χ0) is 23.7. The van der Waals surface area contributed by atoms with Gasteiger partial charge < -0.3 is 9.73 Å². The number of hydrogen-bond donors (Lipinski definition) is 1. The second kappa shape index (κ2) is 9.15. The number of halogens is 1. The molecule has 9 heteroatoms. The van der Waals surface area contributed by atoms with Crippen molar-refractivity contribution in [2.45, 2.75) is 24.9 Å². The highest BCUT2D eigenvalue weighted by Crippen LogP contribution is 2.33. The smallest absolute Gasteiger partial charge is 0.325 e. The summed E-state index contributed by atoms with van der Waals surface area (Å²) in [5.41, 5.74) is 2.43. The molecule has 1 aromatic heterocycles. The lowest BCUT2D eigenvalue weighted by molar-refractivity contribution is -0.138. The van der Waals surface area contributed by atoms with Crippen LogP contribution in [-0.4, -0.2) is 46.1 Å². The van der Waals surface area contributed by atoms with E-state index in [9.17, 15) is 14.4 Å².